The van der Waals surface area contributed by atoms with Crippen LogP contribution in [0.4, 0.5) is 0 Å². The van der Waals surface area contributed by atoms with E-state index >= 15 is 0 Å². The molecule has 0 aliphatic heterocycles. The Bertz CT molecular complexity index is 78.2. The van der Waals surface area contributed by atoms with Crippen molar-refractivity contribution < 1.29 is 4.79 Å². The molecule has 0 radical (unpaired) electrons. The molecule has 2 nitrogen and oxygen atoms in total. The van der Waals surface area contributed by atoms with E-state index in [2.05, 4.69) is 12.2 Å². The molecule has 0 rings (SSSR count). The molecule has 0 aromatic rings. The summed E-state index contributed by atoms with van der Waals surface area (Å²) in [6, 6.07) is 0. The van der Waals surface area contributed by atoms with E-state index in [1.165, 1.54) is 32.2 Å². The van der Waals surface area contributed by atoms with E-state index < -0.39 is 0 Å². The lowest BCUT2D eigenvalue weighted by molar-refractivity contribution is -0.107. The van der Waals surface area contributed by atoms with E-state index in [4.69, 9.17) is 0 Å². The van der Waals surface area contributed by atoms with E-state index in [9.17, 15) is 4.79 Å². The molecule has 0 amide bonds. The summed E-state index contributed by atoms with van der Waals surface area (Å²) in [6.07, 6.45) is 8.07. The zero-order chi connectivity index (χ0) is 10.4. The highest BCUT2D eigenvalue weighted by Gasteiger charge is 1.82. The third-order valence-electron chi connectivity index (χ3n) is 1.69. The summed E-state index contributed by atoms with van der Waals surface area (Å²) in [5, 5.41) is 3.13. The summed E-state index contributed by atoms with van der Waals surface area (Å²) >= 11 is 0. The van der Waals surface area contributed by atoms with Gasteiger partial charge in [0.25, 0.3) is 0 Å². The summed E-state index contributed by atoms with van der Waals surface area (Å²) in [4.78, 5) is 9.40. The third kappa shape index (κ3) is 24.5. The molecule has 13 heavy (non-hydrogen) atoms. The van der Waals surface area contributed by atoms with Gasteiger partial charge in [0, 0.05) is 6.42 Å². The highest BCUT2D eigenvalue weighted by Crippen LogP contribution is 1.96. The van der Waals surface area contributed by atoms with Crippen LogP contribution in [0.3, 0.4) is 0 Å². The van der Waals surface area contributed by atoms with Crippen molar-refractivity contribution in [2.24, 2.45) is 0 Å². The van der Waals surface area contributed by atoms with Crippen molar-refractivity contribution >= 4 is 6.29 Å². The minimum absolute atomic E-state index is 0.708. The first-order chi connectivity index (χ1) is 6.33. The quantitative estimate of drug-likeness (QED) is 0.490. The van der Waals surface area contributed by atoms with Crippen molar-refractivity contribution in [3.05, 3.63) is 0 Å². The van der Waals surface area contributed by atoms with Crippen molar-refractivity contribution in [3.63, 3.8) is 0 Å². The minimum Gasteiger partial charge on any atom is -0.320 e. The van der Waals surface area contributed by atoms with Crippen LogP contribution in [-0.2, 0) is 4.79 Å². The summed E-state index contributed by atoms with van der Waals surface area (Å²) in [6.45, 7) is 5.40. The molecule has 0 aliphatic carbocycles. The highest BCUT2D eigenvalue weighted by atomic mass is 16.1. The largest absolute Gasteiger partial charge is 0.320 e. The monoisotopic (exact) mass is 187 g/mol. The molecule has 2 heteroatoms. The lowest BCUT2D eigenvalue weighted by atomic mass is 10.2. The van der Waals surface area contributed by atoms with Crippen LogP contribution in [0.2, 0.25) is 0 Å². The predicted molar refractivity (Wildman–Crippen MR) is 59.0 cm³/mol. The second kappa shape index (κ2) is 17.6. The Morgan fingerprint density at radius 1 is 1.08 bits per heavy atom. The molecule has 0 spiro atoms. The van der Waals surface area contributed by atoms with Crippen molar-refractivity contribution in [2.45, 2.75) is 52.4 Å². The number of rotatable bonds is 7. The molecule has 0 saturated heterocycles. The molecule has 80 valence electrons. The second-order valence-corrected chi connectivity index (χ2v) is 3.12. The molecule has 0 atom stereocenters. The average molecular weight is 187 g/mol. The maximum absolute atomic E-state index is 9.40. The van der Waals surface area contributed by atoms with Crippen LogP contribution < -0.4 is 5.32 Å². The first-order valence-corrected chi connectivity index (χ1v) is 5.41. The molecule has 0 bridgehead atoms. The summed E-state index contributed by atoms with van der Waals surface area (Å²) in [7, 11) is 2.01. The maximum Gasteiger partial charge on any atom is 0.119 e. The van der Waals surface area contributed by atoms with Crippen LogP contribution in [0.15, 0.2) is 0 Å². The Kier molecular flexibility index (Phi) is 20.5. The SMILES string of the molecule is CCCC=O.CCCCCCNC. The standard InChI is InChI=1S/C7H17N.C4H8O/c1-3-4-5-6-7-8-2;1-2-3-4-5/h8H,3-7H2,1-2H3;4H,2-3H2,1H3. The second-order valence-electron chi connectivity index (χ2n) is 3.12. The van der Waals surface area contributed by atoms with Gasteiger partial charge in [0.1, 0.15) is 6.29 Å². The Balaban J connectivity index is 0. The van der Waals surface area contributed by atoms with Crippen LogP contribution in [0.5, 0.6) is 0 Å². The smallest absolute Gasteiger partial charge is 0.119 e. The Hall–Kier alpha value is -0.370. The normalized spacial score (nSPS) is 8.85. The topological polar surface area (TPSA) is 29.1 Å². The van der Waals surface area contributed by atoms with Gasteiger partial charge in [-0.2, -0.15) is 0 Å². The number of hydrogen-bond acceptors (Lipinski definition) is 2. The number of unbranched alkanes of at least 4 members (excludes halogenated alkanes) is 4. The fraction of sp³-hybridized carbons (Fsp3) is 0.909. The van der Waals surface area contributed by atoms with E-state index in [1.54, 1.807) is 0 Å². The third-order valence-corrected chi connectivity index (χ3v) is 1.69. The Morgan fingerprint density at radius 2 is 1.77 bits per heavy atom. The number of hydrogen-bond donors (Lipinski definition) is 1. The zero-order valence-corrected chi connectivity index (χ0v) is 9.44. The van der Waals surface area contributed by atoms with Gasteiger partial charge in [-0.15, -0.1) is 0 Å². The molecule has 0 saturated carbocycles. The molecule has 0 heterocycles. The fourth-order valence-corrected chi connectivity index (χ4v) is 0.846. The van der Waals surface area contributed by atoms with E-state index in [0.717, 1.165) is 12.7 Å². The van der Waals surface area contributed by atoms with Crippen LogP contribution in [0.1, 0.15) is 52.4 Å². The van der Waals surface area contributed by atoms with Gasteiger partial charge in [0.2, 0.25) is 0 Å². The summed E-state index contributed by atoms with van der Waals surface area (Å²) in [5.41, 5.74) is 0. The fourth-order valence-electron chi connectivity index (χ4n) is 0.846. The van der Waals surface area contributed by atoms with Gasteiger partial charge >= 0.3 is 0 Å². The van der Waals surface area contributed by atoms with Crippen LogP contribution >= 0.6 is 0 Å². The van der Waals surface area contributed by atoms with Gasteiger partial charge in [0.05, 0.1) is 0 Å². The lowest BCUT2D eigenvalue weighted by Crippen LogP contribution is -2.06. The maximum atomic E-state index is 9.40. The molecule has 0 unspecified atom stereocenters. The van der Waals surface area contributed by atoms with E-state index in [-0.39, 0.29) is 0 Å². The van der Waals surface area contributed by atoms with Crippen molar-refractivity contribution in [2.75, 3.05) is 13.6 Å². The first kappa shape index (κ1) is 15.1. The molecular formula is C11H25NO. The first-order valence-electron chi connectivity index (χ1n) is 5.41. The Labute approximate surface area is 83.1 Å². The van der Waals surface area contributed by atoms with Gasteiger partial charge in [-0.25, -0.2) is 0 Å². The predicted octanol–water partition coefficient (Wildman–Crippen LogP) is 2.77. The molecule has 0 aromatic carbocycles. The molecule has 1 N–H and O–H groups in total. The highest BCUT2D eigenvalue weighted by molar-refractivity contribution is 5.48. The van der Waals surface area contributed by atoms with Gasteiger partial charge < -0.3 is 10.1 Å². The van der Waals surface area contributed by atoms with Gasteiger partial charge in [-0.3, -0.25) is 0 Å². The van der Waals surface area contributed by atoms with Crippen molar-refractivity contribution in [1.29, 1.82) is 0 Å². The number of carbonyl (C=O) groups excluding carboxylic acids is 1. The van der Waals surface area contributed by atoms with Crippen LogP contribution in [-0.4, -0.2) is 19.9 Å². The molecular weight excluding hydrogens is 162 g/mol. The van der Waals surface area contributed by atoms with Crippen LogP contribution in [0.25, 0.3) is 0 Å². The lowest BCUT2D eigenvalue weighted by Gasteiger charge is -1.95. The molecule has 0 aromatic heterocycles. The van der Waals surface area contributed by atoms with E-state index in [1.807, 2.05) is 14.0 Å². The van der Waals surface area contributed by atoms with Crippen LogP contribution in [0, 0.1) is 0 Å². The summed E-state index contributed by atoms with van der Waals surface area (Å²) in [5.74, 6) is 0. The Morgan fingerprint density at radius 3 is 2.08 bits per heavy atom. The van der Waals surface area contributed by atoms with E-state index in [0.29, 0.717) is 6.42 Å². The minimum atomic E-state index is 0.708. The number of carbonyl (C=O) groups is 1. The van der Waals surface area contributed by atoms with Gasteiger partial charge in [0.15, 0.2) is 0 Å². The average Bonchev–Trinajstić information content (AvgIpc) is 2.15. The molecule has 0 aliphatic rings. The van der Waals surface area contributed by atoms with Crippen molar-refractivity contribution in [3.8, 4) is 0 Å². The molecule has 0 fully saturated rings. The number of nitrogens with one attached hydrogen (secondary N) is 1. The van der Waals surface area contributed by atoms with Gasteiger partial charge in [-0.05, 0) is 26.4 Å². The van der Waals surface area contributed by atoms with Crippen molar-refractivity contribution in [1.82, 2.24) is 5.32 Å². The van der Waals surface area contributed by atoms with Gasteiger partial charge in [-0.1, -0.05) is 33.1 Å². The zero-order valence-electron chi connectivity index (χ0n) is 9.44. The number of aldehydes is 1. The summed E-state index contributed by atoms with van der Waals surface area (Å²) < 4.78 is 0.